The van der Waals surface area contributed by atoms with Crippen molar-refractivity contribution in [2.75, 3.05) is 0 Å². The molecule has 0 fully saturated rings. The van der Waals surface area contributed by atoms with Gasteiger partial charge < -0.3 is 10.1 Å². The number of hydrazone groups is 1. The number of ether oxygens (including phenoxy) is 1. The monoisotopic (exact) mass is 475 g/mol. The molecule has 0 bridgehead atoms. The van der Waals surface area contributed by atoms with E-state index >= 15 is 0 Å². The maximum Gasteiger partial charge on any atom is 0.262 e. The number of halogens is 2. The minimum absolute atomic E-state index is 0.176. The van der Waals surface area contributed by atoms with Gasteiger partial charge in [-0.1, -0.05) is 73.5 Å². The molecule has 0 saturated heterocycles. The van der Waals surface area contributed by atoms with Crippen LogP contribution >= 0.6 is 23.2 Å². The van der Waals surface area contributed by atoms with Gasteiger partial charge in [-0.3, -0.25) is 9.59 Å². The normalized spacial score (nSPS) is 13.3. The first-order chi connectivity index (χ1) is 15.3. The third-order valence-electron chi connectivity index (χ3n) is 4.33. The lowest BCUT2D eigenvalue weighted by Gasteiger charge is -2.22. The molecule has 2 aromatic rings. The van der Waals surface area contributed by atoms with Crippen molar-refractivity contribution in [2.24, 2.45) is 11.0 Å². The molecule has 8 heteroatoms. The van der Waals surface area contributed by atoms with Gasteiger partial charge in [0.1, 0.15) is 11.8 Å². The van der Waals surface area contributed by atoms with E-state index in [1.54, 1.807) is 25.1 Å². The molecule has 0 aliphatic heterocycles. The molecule has 32 heavy (non-hydrogen) atoms. The Hall–Kier alpha value is -2.83. The fraction of sp³-hybridized carbons (Fsp3) is 0.292. The molecule has 0 aliphatic rings. The minimum atomic E-state index is -0.867. The Morgan fingerprint density at radius 1 is 1.06 bits per heavy atom. The number of hydrogen-bond donors (Lipinski definition) is 2. The Balaban J connectivity index is 1.94. The molecule has 0 saturated carbocycles. The number of carbonyl (C=O) groups excluding carboxylic acids is 2. The van der Waals surface area contributed by atoms with E-state index in [1.807, 2.05) is 50.3 Å². The van der Waals surface area contributed by atoms with Gasteiger partial charge in [-0.15, -0.1) is 0 Å². The first-order valence-electron chi connectivity index (χ1n) is 10.2. The van der Waals surface area contributed by atoms with Crippen LogP contribution in [0.15, 0.2) is 59.7 Å². The number of nitrogens with zero attached hydrogens (tertiary/aromatic N) is 1. The molecule has 0 radical (unpaired) electrons. The van der Waals surface area contributed by atoms with Gasteiger partial charge in [-0.2, -0.15) is 5.10 Å². The molecular weight excluding hydrogens is 449 g/mol. The second-order valence-corrected chi connectivity index (χ2v) is 8.39. The largest absolute Gasteiger partial charge is 0.479 e. The number of rotatable bonds is 10. The second-order valence-electron chi connectivity index (χ2n) is 7.55. The van der Waals surface area contributed by atoms with Crippen LogP contribution < -0.4 is 15.5 Å². The lowest BCUT2D eigenvalue weighted by Crippen LogP contribution is -2.49. The van der Waals surface area contributed by atoms with E-state index in [1.165, 1.54) is 12.3 Å². The molecule has 6 nitrogen and oxygen atoms in total. The first kappa shape index (κ1) is 25.4. The quantitative estimate of drug-likeness (QED) is 0.370. The summed E-state index contributed by atoms with van der Waals surface area (Å²) >= 11 is 12.0. The Morgan fingerprint density at radius 3 is 2.44 bits per heavy atom. The zero-order chi connectivity index (χ0) is 23.5. The predicted molar refractivity (Wildman–Crippen MR) is 130 cm³/mol. The Labute approximate surface area is 198 Å². The van der Waals surface area contributed by atoms with Gasteiger partial charge in [0.2, 0.25) is 0 Å². The molecule has 170 valence electrons. The fourth-order valence-electron chi connectivity index (χ4n) is 2.75. The summed E-state index contributed by atoms with van der Waals surface area (Å²) in [6, 6.07) is 13.7. The first-order valence-corrected chi connectivity index (χ1v) is 11.0. The van der Waals surface area contributed by atoms with Crippen molar-refractivity contribution < 1.29 is 14.3 Å². The highest BCUT2D eigenvalue weighted by Gasteiger charge is 2.25. The molecule has 0 unspecified atom stereocenters. The standard InChI is InChI=1S/C24H27Cl2N3O3/c1-16(2)14-21(24(31)29-27-13-7-10-18-8-5-4-6-9-18)28-23(30)17(3)32-22-12-11-19(25)15-20(22)26/h4-13,15-17,21H,14H2,1-3H3,(H,28,30)(H,29,31)/b10-7+,27-13-/t17-,21+/m0/s1. The highest BCUT2D eigenvalue weighted by Crippen LogP contribution is 2.28. The number of amides is 2. The van der Waals surface area contributed by atoms with Gasteiger partial charge in [0, 0.05) is 11.2 Å². The molecule has 0 heterocycles. The number of nitrogens with one attached hydrogen (secondary N) is 2. The summed E-state index contributed by atoms with van der Waals surface area (Å²) in [5.74, 6) is -0.341. The van der Waals surface area contributed by atoms with E-state index in [2.05, 4.69) is 15.8 Å². The third-order valence-corrected chi connectivity index (χ3v) is 4.86. The van der Waals surface area contributed by atoms with E-state index in [0.717, 1.165) is 5.56 Å². The minimum Gasteiger partial charge on any atom is -0.479 e. The van der Waals surface area contributed by atoms with Gasteiger partial charge in [0.15, 0.2) is 6.10 Å². The lowest BCUT2D eigenvalue weighted by atomic mass is 10.0. The van der Waals surface area contributed by atoms with Crippen molar-refractivity contribution in [3.63, 3.8) is 0 Å². The summed E-state index contributed by atoms with van der Waals surface area (Å²) in [7, 11) is 0. The van der Waals surface area contributed by atoms with Crippen LogP contribution in [0.1, 0.15) is 32.8 Å². The van der Waals surface area contributed by atoms with Crippen LogP contribution in [0.5, 0.6) is 5.75 Å². The Morgan fingerprint density at radius 2 is 1.78 bits per heavy atom. The van der Waals surface area contributed by atoms with Crippen molar-refractivity contribution in [2.45, 2.75) is 39.3 Å². The number of carbonyl (C=O) groups is 2. The molecule has 2 N–H and O–H groups in total. The van der Waals surface area contributed by atoms with Crippen molar-refractivity contribution in [3.8, 4) is 5.75 Å². The zero-order valence-corrected chi connectivity index (χ0v) is 19.7. The van der Waals surface area contributed by atoms with E-state index in [4.69, 9.17) is 27.9 Å². The molecule has 0 aromatic heterocycles. The van der Waals surface area contributed by atoms with Crippen molar-refractivity contribution in [1.82, 2.24) is 10.7 Å². The lowest BCUT2D eigenvalue weighted by molar-refractivity contribution is -0.132. The summed E-state index contributed by atoms with van der Waals surface area (Å²) in [4.78, 5) is 25.2. The van der Waals surface area contributed by atoms with Crippen molar-refractivity contribution >= 4 is 47.3 Å². The maximum atomic E-state index is 12.6. The van der Waals surface area contributed by atoms with Crippen LogP contribution in [0.4, 0.5) is 0 Å². The van der Waals surface area contributed by atoms with Crippen LogP contribution in [0, 0.1) is 5.92 Å². The number of benzene rings is 2. The number of allylic oxidation sites excluding steroid dienone is 1. The molecule has 0 aliphatic carbocycles. The van der Waals surface area contributed by atoms with Gasteiger partial charge >= 0.3 is 0 Å². The molecule has 2 aromatic carbocycles. The van der Waals surface area contributed by atoms with E-state index in [-0.39, 0.29) is 5.92 Å². The van der Waals surface area contributed by atoms with E-state index in [9.17, 15) is 9.59 Å². The topological polar surface area (TPSA) is 79.8 Å². The number of hydrogen-bond acceptors (Lipinski definition) is 4. The van der Waals surface area contributed by atoms with E-state index < -0.39 is 24.0 Å². The summed E-state index contributed by atoms with van der Waals surface area (Å²) in [6.45, 7) is 5.51. The summed E-state index contributed by atoms with van der Waals surface area (Å²) in [5.41, 5.74) is 3.49. The van der Waals surface area contributed by atoms with Crippen molar-refractivity contribution in [1.29, 1.82) is 0 Å². The zero-order valence-electron chi connectivity index (χ0n) is 18.2. The Bertz CT molecular complexity index is 962. The smallest absolute Gasteiger partial charge is 0.262 e. The van der Waals surface area contributed by atoms with E-state index in [0.29, 0.717) is 22.2 Å². The highest BCUT2D eigenvalue weighted by molar-refractivity contribution is 6.35. The second kappa shape index (κ2) is 12.9. The maximum absolute atomic E-state index is 12.6. The SMILES string of the molecule is CC(C)C[C@@H](NC(=O)[C@H](C)Oc1ccc(Cl)cc1Cl)C(=O)N/N=C\C=C\c1ccccc1. The van der Waals surface area contributed by atoms with Gasteiger partial charge in [0.25, 0.3) is 11.8 Å². The molecular formula is C24H27Cl2N3O3. The molecule has 2 atom stereocenters. The summed E-state index contributed by atoms with van der Waals surface area (Å²) < 4.78 is 5.63. The van der Waals surface area contributed by atoms with Crippen LogP contribution in [-0.2, 0) is 9.59 Å². The molecule has 2 rings (SSSR count). The highest BCUT2D eigenvalue weighted by atomic mass is 35.5. The summed E-state index contributed by atoms with van der Waals surface area (Å²) in [5, 5.41) is 7.42. The molecule has 0 spiro atoms. The van der Waals surface area contributed by atoms with Crippen molar-refractivity contribution in [3.05, 3.63) is 70.2 Å². The van der Waals surface area contributed by atoms with Crippen LogP contribution in [-0.4, -0.2) is 30.2 Å². The predicted octanol–water partition coefficient (Wildman–Crippen LogP) is 5.11. The fourth-order valence-corrected chi connectivity index (χ4v) is 3.20. The average Bonchev–Trinajstić information content (AvgIpc) is 2.75. The van der Waals surface area contributed by atoms with Gasteiger partial charge in [-0.25, -0.2) is 5.43 Å². The van der Waals surface area contributed by atoms with Gasteiger partial charge in [0.05, 0.1) is 5.02 Å². The third kappa shape index (κ3) is 8.73. The van der Waals surface area contributed by atoms with Crippen LogP contribution in [0.2, 0.25) is 10.0 Å². The summed E-state index contributed by atoms with van der Waals surface area (Å²) in [6.07, 6.45) is 4.64. The average molecular weight is 476 g/mol. The Kier molecular flexibility index (Phi) is 10.2. The van der Waals surface area contributed by atoms with Crippen LogP contribution in [0.3, 0.4) is 0 Å². The molecule has 2 amide bonds. The van der Waals surface area contributed by atoms with Crippen LogP contribution in [0.25, 0.3) is 6.08 Å². The van der Waals surface area contributed by atoms with Gasteiger partial charge in [-0.05, 0) is 49.1 Å².